The maximum absolute atomic E-state index is 12.6. The molecular weight excluding hydrogens is 975 g/mol. The van der Waals surface area contributed by atoms with Crippen LogP contribution in [0.25, 0.3) is 0 Å². The number of anilines is 1. The van der Waals surface area contributed by atoms with Crippen LogP contribution in [0.1, 0.15) is 139 Å². The summed E-state index contributed by atoms with van der Waals surface area (Å²) in [7, 11) is 0.00409. The number of nitrogens with one attached hydrogen (secondary N) is 2. The van der Waals surface area contributed by atoms with Gasteiger partial charge in [-0.15, -0.1) is 6.58 Å². The lowest BCUT2D eigenvalue weighted by atomic mass is 9.58. The summed E-state index contributed by atoms with van der Waals surface area (Å²) >= 11 is 0. The van der Waals surface area contributed by atoms with Crippen molar-refractivity contribution in [3.63, 3.8) is 0 Å². The van der Waals surface area contributed by atoms with E-state index in [2.05, 4.69) is 90.8 Å². The van der Waals surface area contributed by atoms with E-state index in [-0.39, 0.29) is 47.2 Å². The van der Waals surface area contributed by atoms with Crippen LogP contribution in [-0.2, 0) is 44.9 Å². The number of aliphatic carboxylic acids is 1. The predicted molar refractivity (Wildman–Crippen MR) is 304 cm³/mol. The van der Waals surface area contributed by atoms with E-state index in [1.807, 2.05) is 34.6 Å². The quantitative estimate of drug-likeness (QED) is 0.0644. The Morgan fingerprint density at radius 1 is 0.757 bits per heavy atom. The second-order valence-electron chi connectivity index (χ2n) is 23.0. The number of carbonyl (C=O) groups is 3. The number of benzene rings is 2. The maximum atomic E-state index is 12.6. The number of amides is 1. The van der Waals surface area contributed by atoms with Crippen LogP contribution in [0, 0.1) is 47.1 Å². The summed E-state index contributed by atoms with van der Waals surface area (Å²) in [6.07, 6.45) is 8.24. The molecule has 1 unspecified atom stereocenters. The zero-order valence-electron chi connectivity index (χ0n) is 48.8. The summed E-state index contributed by atoms with van der Waals surface area (Å²) in [6, 6.07) is 15.0. The highest BCUT2D eigenvalue weighted by Crippen LogP contribution is 2.60. The summed E-state index contributed by atoms with van der Waals surface area (Å²) in [5.74, 6) is -1.13. The third-order valence-corrected chi connectivity index (χ3v) is 17.3. The number of halogens is 2. The molecule has 0 aromatic heterocycles. The van der Waals surface area contributed by atoms with Crippen molar-refractivity contribution in [3.05, 3.63) is 90.0 Å². The minimum absolute atomic E-state index is 0.0415. The largest absolute Gasteiger partial charge is 0.481 e. The first kappa shape index (κ1) is 68.3. The highest BCUT2D eigenvalue weighted by Gasteiger charge is 2.69. The monoisotopic (exact) mass is 1070 g/mol. The van der Waals surface area contributed by atoms with Gasteiger partial charge in [0.1, 0.15) is 11.6 Å². The Bertz CT molecular complexity index is 1960. The van der Waals surface area contributed by atoms with Gasteiger partial charge in [-0.2, -0.15) is 0 Å². The Balaban J connectivity index is 0.000000474. The first-order valence-electron chi connectivity index (χ1n) is 27.4. The molecule has 11 nitrogen and oxygen atoms in total. The number of hydrogen-bond acceptors (Lipinski definition) is 9. The number of hydrogen-bond donors (Lipinski definition) is 3. The molecule has 1 saturated carbocycles. The van der Waals surface area contributed by atoms with Crippen LogP contribution >= 0.6 is 0 Å². The smallest absolute Gasteiger partial charge is 0.306 e. The number of fused-ring (bicyclic) bond motifs is 2. The van der Waals surface area contributed by atoms with Crippen molar-refractivity contribution in [2.24, 2.45) is 35.5 Å². The van der Waals surface area contributed by atoms with Gasteiger partial charge in [-0.3, -0.25) is 14.4 Å². The zero-order valence-corrected chi connectivity index (χ0v) is 50.8. The van der Waals surface area contributed by atoms with Crippen molar-refractivity contribution in [1.82, 2.24) is 5.32 Å². The molecular formula is C59H100F2N2O9Si2. The third kappa shape index (κ3) is 23.7. The molecule has 5 aliphatic rings. The van der Waals surface area contributed by atoms with Gasteiger partial charge >= 0.3 is 11.9 Å². The molecule has 5 fully saturated rings. The van der Waals surface area contributed by atoms with Crippen molar-refractivity contribution < 1.29 is 52.3 Å². The third-order valence-electron chi connectivity index (χ3n) is 14.1. The average molecular weight is 1080 g/mol. The van der Waals surface area contributed by atoms with E-state index >= 15 is 0 Å². The van der Waals surface area contributed by atoms with Gasteiger partial charge in [0, 0.05) is 66.5 Å². The lowest BCUT2D eigenvalue weighted by molar-refractivity contribution is -0.576. The van der Waals surface area contributed by atoms with Gasteiger partial charge in [0.2, 0.25) is 18.0 Å². The van der Waals surface area contributed by atoms with Crippen LogP contribution in [0.4, 0.5) is 14.5 Å². The number of carboxylic acids is 1. The van der Waals surface area contributed by atoms with E-state index in [9.17, 15) is 23.2 Å². The fraction of sp³-hybridized carbons (Fsp3) is 0.678. The summed E-state index contributed by atoms with van der Waals surface area (Å²) < 4.78 is 42.5. The molecule has 74 heavy (non-hydrogen) atoms. The van der Waals surface area contributed by atoms with Crippen LogP contribution in [0.3, 0.4) is 0 Å². The maximum Gasteiger partial charge on any atom is 0.306 e. The number of carboxylic acid groups (broad SMARTS) is 1. The van der Waals surface area contributed by atoms with Crippen LogP contribution < -0.4 is 10.6 Å². The van der Waals surface area contributed by atoms with Gasteiger partial charge in [-0.25, -0.2) is 18.6 Å². The molecule has 0 radical (unpaired) electrons. The Labute approximate surface area is 448 Å². The number of ether oxygens (including phenoxy) is 3. The SMILES string of the molecule is C=C(CC)CC.C=C(C[Si](C)(C)C)C[Si](C)(C)C.CC(=O)OC1O[C@@H]2O[C@]3(C)CC[C@H]4[C@H](C)CC[C@@H]([C@H]1C)[C@@]24OO3.CCC(CC)C(=O)NCc1ccc(F)cc1.CCC(CC)C(=O)O.CNc1ccc(F)cc1. The first-order valence-corrected chi connectivity index (χ1v) is 34.8. The average Bonchev–Trinajstić information content (AvgIpc) is 3.56. The molecule has 2 aromatic rings. The van der Waals surface area contributed by atoms with E-state index in [1.165, 1.54) is 54.4 Å². The van der Waals surface area contributed by atoms with Crippen LogP contribution in [-0.4, -0.2) is 70.1 Å². The van der Waals surface area contributed by atoms with E-state index in [0.717, 1.165) is 75.5 Å². The standard InChI is InChI=1S/C17H26O6.C13H18FNO.C10H24Si2.C7H8FN.C6H12O2.C6H12/c1-9-5-6-13-10(2)14(19-11(3)18)20-15-17(13)12(9)7-8-16(4,21-15)22-23-17;1-3-11(4-2)13(16)15-9-10-5-7-12(14)8-6-10;1-10(8-11(2,3)4)9-12(5,6)7;1-9-7-4-2-6(8)3-5-7;1-3-5(4-2)6(7)8;1-4-6(3)5-2/h9-10,12-15H,5-8H2,1-4H3;5-8,11H,3-4,9H2,1-2H3,(H,15,16);1,8-9H2,2-7H3;2-5,9H,1H3;5H,3-4H2,1-2H3,(H,7,8);3-5H2,1-2H3/t9-,10-,12+,13+,14?,15-,16+,17-;;;;;/m1...../s1. The zero-order chi connectivity index (χ0) is 56.6. The van der Waals surface area contributed by atoms with E-state index in [4.69, 9.17) is 29.1 Å². The highest BCUT2D eigenvalue weighted by atomic mass is 28.3. The second kappa shape index (κ2) is 32.8. The van der Waals surface area contributed by atoms with Crippen molar-refractivity contribution in [1.29, 1.82) is 0 Å². The fourth-order valence-electron chi connectivity index (χ4n) is 9.83. The van der Waals surface area contributed by atoms with Crippen molar-refractivity contribution >= 4 is 39.7 Å². The number of rotatable bonds is 16. The minimum atomic E-state index is -0.897. The predicted octanol–water partition coefficient (Wildman–Crippen LogP) is 15.6. The molecule has 7 rings (SSSR count). The van der Waals surface area contributed by atoms with Gasteiger partial charge in [-0.1, -0.05) is 125 Å². The van der Waals surface area contributed by atoms with E-state index < -0.39 is 46.1 Å². The Morgan fingerprint density at radius 2 is 1.26 bits per heavy atom. The number of allylic oxidation sites excluding steroid dienone is 2. The fourth-order valence-corrected chi connectivity index (χ4v) is 13.3. The molecule has 4 aliphatic heterocycles. The molecule has 4 saturated heterocycles. The van der Waals surface area contributed by atoms with Crippen LogP contribution in [0.15, 0.2) is 72.8 Å². The van der Waals surface area contributed by atoms with Crippen molar-refractivity contribution in [3.8, 4) is 0 Å². The van der Waals surface area contributed by atoms with Gasteiger partial charge in [-0.05, 0) is 131 Å². The molecule has 2 bridgehead atoms. The molecule has 3 N–H and O–H groups in total. The first-order chi connectivity index (χ1) is 34.5. The topological polar surface area (TPSA) is 142 Å². The molecule has 1 spiro atoms. The summed E-state index contributed by atoms with van der Waals surface area (Å²) in [6.45, 7) is 42.7. The lowest BCUT2D eigenvalue weighted by Crippen LogP contribution is -2.70. The highest BCUT2D eigenvalue weighted by molar-refractivity contribution is 6.78. The van der Waals surface area contributed by atoms with Crippen LogP contribution in [0.2, 0.25) is 51.4 Å². The van der Waals surface area contributed by atoms with Gasteiger partial charge < -0.3 is 30.0 Å². The Morgan fingerprint density at radius 3 is 1.66 bits per heavy atom. The molecule has 2 aromatic carbocycles. The summed E-state index contributed by atoms with van der Waals surface area (Å²) in [5.41, 5.74) is 4.10. The molecule has 4 heterocycles. The molecule has 1 aliphatic carbocycles. The van der Waals surface area contributed by atoms with E-state index in [1.54, 1.807) is 31.3 Å². The van der Waals surface area contributed by atoms with Crippen LogP contribution in [0.5, 0.6) is 0 Å². The normalized spacial score (nSPS) is 24.3. The van der Waals surface area contributed by atoms with Gasteiger partial charge in [0.05, 0.1) is 5.92 Å². The van der Waals surface area contributed by atoms with Gasteiger partial charge in [0.25, 0.3) is 0 Å². The molecule has 15 heteroatoms. The number of carbonyl (C=O) groups excluding carboxylic acids is 2. The minimum Gasteiger partial charge on any atom is -0.481 e. The molecule has 422 valence electrons. The van der Waals surface area contributed by atoms with Crippen molar-refractivity contribution in [2.45, 2.75) is 215 Å². The molecule has 1 amide bonds. The lowest BCUT2D eigenvalue weighted by Gasteiger charge is -2.59. The van der Waals surface area contributed by atoms with E-state index in [0.29, 0.717) is 18.4 Å². The molecule has 8 atom stereocenters. The summed E-state index contributed by atoms with van der Waals surface area (Å²) in [4.78, 5) is 45.0. The number of esters is 1. The van der Waals surface area contributed by atoms with Gasteiger partial charge in [0.15, 0.2) is 11.9 Å². The van der Waals surface area contributed by atoms with Crippen molar-refractivity contribution in [2.75, 3.05) is 12.4 Å². The second-order valence-corrected chi connectivity index (χ2v) is 34.0. The summed E-state index contributed by atoms with van der Waals surface area (Å²) in [5, 5.41) is 14.1. The Kier molecular flexibility index (Phi) is 30.2. The Hall–Kier alpha value is -3.74.